The number of fused-ring (bicyclic) bond motifs is 4. The van der Waals surface area contributed by atoms with Gasteiger partial charge in [-0.25, -0.2) is 0 Å². The van der Waals surface area contributed by atoms with Crippen LogP contribution in [-0.2, 0) is 28.7 Å². The summed E-state index contributed by atoms with van der Waals surface area (Å²) in [5, 5.41) is 0. The van der Waals surface area contributed by atoms with Gasteiger partial charge in [-0.15, -0.1) is 0 Å². The van der Waals surface area contributed by atoms with Crippen molar-refractivity contribution in [3.05, 3.63) is 52.6 Å². The summed E-state index contributed by atoms with van der Waals surface area (Å²) < 4.78 is 11.2. The zero-order valence-corrected chi connectivity index (χ0v) is 23.7. The van der Waals surface area contributed by atoms with Gasteiger partial charge in [-0.3, -0.25) is 19.2 Å². The zero-order valence-electron chi connectivity index (χ0n) is 23.7. The second-order valence-corrected chi connectivity index (χ2v) is 12.2. The smallest absolute Gasteiger partial charge is 0.303 e. The van der Waals surface area contributed by atoms with Gasteiger partial charge in [-0.2, -0.15) is 0 Å². The molecule has 3 unspecified atom stereocenters. The average molecular weight is 534 g/mol. The highest BCUT2D eigenvalue weighted by Gasteiger charge is 2.68. The van der Waals surface area contributed by atoms with Crippen molar-refractivity contribution in [1.82, 2.24) is 0 Å². The van der Waals surface area contributed by atoms with Crippen molar-refractivity contribution in [3.8, 4) is 0 Å². The third-order valence-electron chi connectivity index (χ3n) is 9.82. The number of esters is 2. The van der Waals surface area contributed by atoms with Crippen molar-refractivity contribution < 1.29 is 28.7 Å². The summed E-state index contributed by atoms with van der Waals surface area (Å²) in [7, 11) is 4.03. The molecule has 3 fully saturated rings. The van der Waals surface area contributed by atoms with Crippen LogP contribution in [0.2, 0.25) is 0 Å². The number of allylic oxidation sites excluding steroid dienone is 4. The van der Waals surface area contributed by atoms with Crippen molar-refractivity contribution in [1.29, 1.82) is 0 Å². The van der Waals surface area contributed by atoms with Gasteiger partial charge in [0.2, 0.25) is 5.78 Å². The van der Waals surface area contributed by atoms with Gasteiger partial charge in [-0.1, -0.05) is 30.7 Å². The first-order valence-corrected chi connectivity index (χ1v) is 14.0. The molecule has 5 atom stereocenters. The van der Waals surface area contributed by atoms with E-state index < -0.39 is 29.6 Å². The zero-order chi connectivity index (χ0) is 28.1. The molecule has 7 nitrogen and oxygen atoms in total. The van der Waals surface area contributed by atoms with Crippen molar-refractivity contribution in [2.24, 2.45) is 17.3 Å². The minimum atomic E-state index is -1.36. The monoisotopic (exact) mass is 533 g/mol. The Balaban J connectivity index is 1.64. The molecule has 1 aromatic rings. The second-order valence-electron chi connectivity index (χ2n) is 12.2. The highest BCUT2D eigenvalue weighted by atomic mass is 16.6. The van der Waals surface area contributed by atoms with Gasteiger partial charge in [0.05, 0.1) is 0 Å². The topological polar surface area (TPSA) is 90.0 Å². The molecule has 39 heavy (non-hydrogen) atoms. The largest absolute Gasteiger partial charge is 0.458 e. The molecule has 4 aliphatic rings. The highest BCUT2D eigenvalue weighted by Crippen LogP contribution is 2.67. The lowest BCUT2D eigenvalue weighted by molar-refractivity contribution is -0.186. The van der Waals surface area contributed by atoms with E-state index in [-0.39, 0.29) is 23.5 Å². The first-order valence-electron chi connectivity index (χ1n) is 14.0. The quantitative estimate of drug-likeness (QED) is 0.471. The molecule has 1 aromatic carbocycles. The molecule has 0 heterocycles. The van der Waals surface area contributed by atoms with E-state index in [4.69, 9.17) is 9.47 Å². The molecule has 0 amide bonds. The number of hydrogen-bond acceptors (Lipinski definition) is 7. The van der Waals surface area contributed by atoms with Crippen LogP contribution in [0.3, 0.4) is 0 Å². The molecule has 0 spiro atoms. The molecule has 0 radical (unpaired) electrons. The van der Waals surface area contributed by atoms with E-state index in [1.807, 2.05) is 14.1 Å². The van der Waals surface area contributed by atoms with Gasteiger partial charge in [0.1, 0.15) is 5.78 Å². The van der Waals surface area contributed by atoms with Crippen LogP contribution in [0.1, 0.15) is 77.2 Å². The maximum atomic E-state index is 13.8. The SMILES string of the molecule is CC(=O)OCC(=O)[C@@]1(OC(C)=O)CCC2C3CC=C4CC(=O)CCC4=C3C(c3ccc(N(C)C)cc3)C[C@@]21C. The Hall–Kier alpha value is -3.22. The highest BCUT2D eigenvalue weighted by molar-refractivity contribution is 5.93. The van der Waals surface area contributed by atoms with Gasteiger partial charge < -0.3 is 14.4 Å². The number of carbonyl (C=O) groups excluding carboxylic acids is 4. The lowest BCUT2D eigenvalue weighted by Gasteiger charge is -2.54. The summed E-state index contributed by atoms with van der Waals surface area (Å²) in [5.74, 6) is -0.753. The maximum Gasteiger partial charge on any atom is 0.303 e. The molecule has 7 heteroatoms. The van der Waals surface area contributed by atoms with Crippen molar-refractivity contribution >= 4 is 29.2 Å². The van der Waals surface area contributed by atoms with Gasteiger partial charge in [-0.05, 0) is 72.8 Å². The van der Waals surface area contributed by atoms with E-state index in [1.165, 1.54) is 36.1 Å². The molecule has 5 rings (SSSR count). The number of anilines is 1. The minimum absolute atomic E-state index is 0.0222. The Morgan fingerprint density at radius 1 is 1.05 bits per heavy atom. The fourth-order valence-electron chi connectivity index (χ4n) is 8.10. The minimum Gasteiger partial charge on any atom is -0.458 e. The third-order valence-corrected chi connectivity index (χ3v) is 9.82. The molecule has 4 aliphatic carbocycles. The van der Waals surface area contributed by atoms with Crippen LogP contribution in [0.25, 0.3) is 0 Å². The standard InChI is InChI=1S/C32H39NO6/c1-19(34)38-18-29(37)32(39-20(2)35)15-14-28-26-12-8-22-16-24(36)11-13-25(22)30(26)27(17-31(28,32)3)21-6-9-23(10-7-21)33(4)5/h6-10,26-28H,11-18H2,1-5H3/t26?,27?,28?,31-,32-/m0/s1. The van der Waals surface area contributed by atoms with Gasteiger partial charge >= 0.3 is 11.9 Å². The molecular weight excluding hydrogens is 494 g/mol. The predicted molar refractivity (Wildman–Crippen MR) is 147 cm³/mol. The second kappa shape index (κ2) is 10.1. The van der Waals surface area contributed by atoms with E-state index in [0.717, 1.165) is 24.9 Å². The fourth-order valence-corrected chi connectivity index (χ4v) is 8.10. The summed E-state index contributed by atoms with van der Waals surface area (Å²) in [4.78, 5) is 52.3. The molecule has 0 aromatic heterocycles. The van der Waals surface area contributed by atoms with Crippen LogP contribution in [0.4, 0.5) is 5.69 Å². The Bertz CT molecular complexity index is 1270. The Kier molecular flexibility index (Phi) is 7.06. The Labute approximate surface area is 230 Å². The molecule has 3 saturated carbocycles. The number of Topliss-reactive ketones (excluding diaryl/α,β-unsaturated/α-hetero) is 2. The summed E-state index contributed by atoms with van der Waals surface area (Å²) in [6.07, 6.45) is 6.65. The number of ketones is 2. The first kappa shape index (κ1) is 27.4. The fraction of sp³-hybridized carbons (Fsp3) is 0.562. The maximum absolute atomic E-state index is 13.8. The van der Waals surface area contributed by atoms with Crippen molar-refractivity contribution in [3.63, 3.8) is 0 Å². The van der Waals surface area contributed by atoms with Gasteiger partial charge in [0, 0.05) is 57.8 Å². The van der Waals surface area contributed by atoms with E-state index in [9.17, 15) is 19.2 Å². The normalized spacial score (nSPS) is 31.5. The lowest BCUT2D eigenvalue weighted by Crippen LogP contribution is -2.58. The van der Waals surface area contributed by atoms with E-state index in [2.05, 4.69) is 42.2 Å². The first-order chi connectivity index (χ1) is 18.5. The molecule has 0 bridgehead atoms. The molecular formula is C32H39NO6. The summed E-state index contributed by atoms with van der Waals surface area (Å²) in [6.45, 7) is 4.32. The average Bonchev–Trinajstić information content (AvgIpc) is 3.18. The van der Waals surface area contributed by atoms with Crippen molar-refractivity contribution in [2.75, 3.05) is 25.6 Å². The number of hydrogen-bond donors (Lipinski definition) is 0. The van der Waals surface area contributed by atoms with Crippen LogP contribution < -0.4 is 4.90 Å². The molecule has 0 aliphatic heterocycles. The number of nitrogens with zero attached hydrogens (tertiary/aromatic N) is 1. The molecule has 0 N–H and O–H groups in total. The van der Waals surface area contributed by atoms with Crippen LogP contribution in [0.15, 0.2) is 47.1 Å². The summed E-state index contributed by atoms with van der Waals surface area (Å²) >= 11 is 0. The Morgan fingerprint density at radius 3 is 2.41 bits per heavy atom. The predicted octanol–water partition coefficient (Wildman–Crippen LogP) is 5.09. The number of carbonyl (C=O) groups is 4. The van der Waals surface area contributed by atoms with Crippen LogP contribution >= 0.6 is 0 Å². The van der Waals surface area contributed by atoms with Crippen LogP contribution in [0, 0.1) is 17.3 Å². The lowest BCUT2D eigenvalue weighted by atomic mass is 9.51. The number of benzene rings is 1. The van der Waals surface area contributed by atoms with Crippen LogP contribution in [-0.4, -0.2) is 49.8 Å². The van der Waals surface area contributed by atoms with Gasteiger partial charge in [0.15, 0.2) is 12.2 Å². The van der Waals surface area contributed by atoms with E-state index >= 15 is 0 Å². The molecule has 0 saturated heterocycles. The number of rotatable bonds is 6. The van der Waals surface area contributed by atoms with Gasteiger partial charge in [0.25, 0.3) is 0 Å². The number of ether oxygens (including phenoxy) is 2. The summed E-state index contributed by atoms with van der Waals surface area (Å²) in [6, 6.07) is 8.58. The molecule has 208 valence electrons. The summed E-state index contributed by atoms with van der Waals surface area (Å²) in [5.41, 5.74) is 4.17. The van der Waals surface area contributed by atoms with E-state index in [0.29, 0.717) is 31.5 Å². The third kappa shape index (κ3) is 4.53. The van der Waals surface area contributed by atoms with Crippen molar-refractivity contribution in [2.45, 2.75) is 77.2 Å². The Morgan fingerprint density at radius 2 is 1.77 bits per heavy atom. The van der Waals surface area contributed by atoms with E-state index in [1.54, 1.807) is 0 Å². The van der Waals surface area contributed by atoms with Crippen LogP contribution in [0.5, 0.6) is 0 Å².